The Balaban J connectivity index is 2.11. The van der Waals surface area contributed by atoms with Crippen LogP contribution in [0.25, 0.3) is 10.9 Å². The number of hydrogen-bond donors (Lipinski definition) is 1. The molecule has 0 atom stereocenters. The third kappa shape index (κ3) is 2.37. The van der Waals surface area contributed by atoms with Crippen molar-refractivity contribution in [2.24, 2.45) is 0 Å². The molecule has 0 saturated heterocycles. The van der Waals surface area contributed by atoms with E-state index in [2.05, 4.69) is 11.1 Å². The highest BCUT2D eigenvalue weighted by Crippen LogP contribution is 2.32. The maximum Gasteiger partial charge on any atom is 0.237 e. The fourth-order valence-corrected chi connectivity index (χ4v) is 2.07. The van der Waals surface area contributed by atoms with Crippen molar-refractivity contribution in [2.45, 2.75) is 6.92 Å². The molecule has 0 aliphatic heterocycles. The maximum atomic E-state index is 9.71. The number of nitrogens with zero attached hydrogens (tertiary/aromatic N) is 2. The maximum absolute atomic E-state index is 9.71. The lowest BCUT2D eigenvalue weighted by molar-refractivity contribution is 0.439. The van der Waals surface area contributed by atoms with Crippen LogP contribution in [0.3, 0.4) is 0 Å². The van der Waals surface area contributed by atoms with E-state index in [4.69, 9.17) is 4.74 Å². The van der Waals surface area contributed by atoms with Crippen molar-refractivity contribution in [2.75, 3.05) is 0 Å². The predicted octanol–water partition coefficient (Wildman–Crippen LogP) is 3.91. The molecule has 4 heteroatoms. The number of pyridine rings is 1. The molecule has 1 N–H and O–H groups in total. The molecule has 1 heterocycles. The summed E-state index contributed by atoms with van der Waals surface area (Å²) in [6.07, 6.45) is 0. The van der Waals surface area contributed by atoms with Crippen molar-refractivity contribution in [1.29, 1.82) is 5.26 Å². The van der Waals surface area contributed by atoms with Crippen molar-refractivity contribution in [3.05, 3.63) is 59.7 Å². The zero-order valence-corrected chi connectivity index (χ0v) is 11.4. The first-order valence-electron chi connectivity index (χ1n) is 6.45. The summed E-state index contributed by atoms with van der Waals surface area (Å²) in [5, 5.41) is 19.9. The van der Waals surface area contributed by atoms with E-state index in [0.29, 0.717) is 16.9 Å². The van der Waals surface area contributed by atoms with Gasteiger partial charge in [0.2, 0.25) is 5.88 Å². The molecule has 4 nitrogen and oxygen atoms in total. The van der Waals surface area contributed by atoms with Gasteiger partial charge in [0.25, 0.3) is 0 Å². The molecule has 102 valence electrons. The number of phenols is 1. The quantitative estimate of drug-likeness (QED) is 0.770. The van der Waals surface area contributed by atoms with E-state index in [9.17, 15) is 10.4 Å². The van der Waals surface area contributed by atoms with Gasteiger partial charge >= 0.3 is 0 Å². The van der Waals surface area contributed by atoms with Crippen LogP contribution < -0.4 is 4.74 Å². The lowest BCUT2D eigenvalue weighted by Gasteiger charge is -2.10. The van der Waals surface area contributed by atoms with Crippen LogP contribution in [0.1, 0.15) is 11.1 Å². The van der Waals surface area contributed by atoms with E-state index >= 15 is 0 Å². The van der Waals surface area contributed by atoms with Crippen LogP contribution in [0.5, 0.6) is 17.4 Å². The first kappa shape index (κ1) is 12.9. The van der Waals surface area contributed by atoms with Gasteiger partial charge in [-0.2, -0.15) is 5.26 Å². The number of nitriles is 1. The highest BCUT2D eigenvalue weighted by atomic mass is 16.5. The van der Waals surface area contributed by atoms with Crippen molar-refractivity contribution < 1.29 is 9.84 Å². The van der Waals surface area contributed by atoms with Crippen LogP contribution >= 0.6 is 0 Å². The van der Waals surface area contributed by atoms with E-state index in [1.807, 2.05) is 24.3 Å². The fraction of sp³-hybridized carbons (Fsp3) is 0.0588. The molecule has 0 aliphatic carbocycles. The number of ether oxygens (including phenoxy) is 1. The zero-order valence-electron chi connectivity index (χ0n) is 11.4. The molecular weight excluding hydrogens is 264 g/mol. The summed E-state index contributed by atoms with van der Waals surface area (Å²) in [5.41, 5.74) is 1.72. The lowest BCUT2D eigenvalue weighted by atomic mass is 10.1. The van der Waals surface area contributed by atoms with Gasteiger partial charge in [-0.3, -0.25) is 0 Å². The van der Waals surface area contributed by atoms with Crippen molar-refractivity contribution in [3.8, 4) is 23.4 Å². The van der Waals surface area contributed by atoms with E-state index in [0.717, 1.165) is 10.9 Å². The van der Waals surface area contributed by atoms with Gasteiger partial charge in [0.05, 0.1) is 5.52 Å². The lowest BCUT2D eigenvalue weighted by Crippen LogP contribution is -1.94. The molecule has 21 heavy (non-hydrogen) atoms. The Morgan fingerprint density at radius 3 is 2.76 bits per heavy atom. The number of aromatic hydroxyl groups is 1. The summed E-state index contributed by atoms with van der Waals surface area (Å²) in [5.74, 6) is 0.867. The van der Waals surface area contributed by atoms with Gasteiger partial charge in [0, 0.05) is 10.9 Å². The third-order valence-corrected chi connectivity index (χ3v) is 3.27. The summed E-state index contributed by atoms with van der Waals surface area (Å²) < 4.78 is 5.73. The molecule has 0 saturated carbocycles. The summed E-state index contributed by atoms with van der Waals surface area (Å²) >= 11 is 0. The van der Waals surface area contributed by atoms with Crippen LogP contribution in [0.2, 0.25) is 0 Å². The van der Waals surface area contributed by atoms with Gasteiger partial charge in [-0.15, -0.1) is 0 Å². The normalized spacial score (nSPS) is 10.3. The highest BCUT2D eigenvalue weighted by molar-refractivity contribution is 5.81. The number of aromatic nitrogens is 1. The molecule has 0 bridgehead atoms. The highest BCUT2D eigenvalue weighted by Gasteiger charge is 2.11. The van der Waals surface area contributed by atoms with Gasteiger partial charge in [-0.1, -0.05) is 24.3 Å². The van der Waals surface area contributed by atoms with Gasteiger partial charge in [0.15, 0.2) is 0 Å². The van der Waals surface area contributed by atoms with Gasteiger partial charge in [0.1, 0.15) is 23.1 Å². The minimum atomic E-state index is 0.145. The molecule has 0 amide bonds. The van der Waals surface area contributed by atoms with Gasteiger partial charge in [-0.25, -0.2) is 4.98 Å². The van der Waals surface area contributed by atoms with Gasteiger partial charge < -0.3 is 9.84 Å². The number of fused-ring (bicyclic) bond motifs is 1. The van der Waals surface area contributed by atoms with Crippen LogP contribution in [-0.4, -0.2) is 10.1 Å². The Bertz CT molecular complexity index is 866. The fourth-order valence-electron chi connectivity index (χ4n) is 2.07. The number of benzene rings is 2. The minimum absolute atomic E-state index is 0.145. The number of rotatable bonds is 2. The van der Waals surface area contributed by atoms with Crippen molar-refractivity contribution in [1.82, 2.24) is 4.98 Å². The summed E-state index contributed by atoms with van der Waals surface area (Å²) in [7, 11) is 0. The molecule has 2 aromatic carbocycles. The van der Waals surface area contributed by atoms with Crippen molar-refractivity contribution >= 4 is 10.9 Å². The average molecular weight is 276 g/mol. The molecular formula is C17H12N2O2. The zero-order chi connectivity index (χ0) is 14.8. The minimum Gasteiger partial charge on any atom is -0.508 e. The first-order chi connectivity index (χ1) is 10.2. The van der Waals surface area contributed by atoms with E-state index in [1.54, 1.807) is 31.2 Å². The number of phenolic OH excluding ortho intramolecular Hbond substituents is 1. The van der Waals surface area contributed by atoms with Crippen LogP contribution in [0, 0.1) is 18.3 Å². The largest absolute Gasteiger partial charge is 0.508 e. The molecule has 0 spiro atoms. The van der Waals surface area contributed by atoms with Crippen molar-refractivity contribution in [3.63, 3.8) is 0 Å². The molecule has 0 radical (unpaired) electrons. The molecule has 0 unspecified atom stereocenters. The molecule has 0 fully saturated rings. The van der Waals surface area contributed by atoms with E-state index < -0.39 is 0 Å². The van der Waals surface area contributed by atoms with Crippen LogP contribution in [0.15, 0.2) is 48.5 Å². The monoisotopic (exact) mass is 276 g/mol. The second kappa shape index (κ2) is 5.14. The summed E-state index contributed by atoms with van der Waals surface area (Å²) in [4.78, 5) is 4.39. The Hall–Kier alpha value is -3.06. The molecule has 1 aromatic heterocycles. The topological polar surface area (TPSA) is 66.1 Å². The average Bonchev–Trinajstić information content (AvgIpc) is 2.51. The Labute approximate surface area is 121 Å². The standard InChI is InChI=1S/C17H12N2O2/c1-11-15(20)7-4-8-16(11)21-17-13(10-18)9-12-5-2-3-6-14(12)19-17/h2-9,20H,1H3. The van der Waals surface area contributed by atoms with Crippen LogP contribution in [-0.2, 0) is 0 Å². The summed E-state index contributed by atoms with van der Waals surface area (Å²) in [6, 6.07) is 16.4. The Morgan fingerprint density at radius 2 is 1.95 bits per heavy atom. The molecule has 0 aliphatic rings. The number of hydrogen-bond acceptors (Lipinski definition) is 4. The smallest absolute Gasteiger partial charge is 0.237 e. The second-order valence-corrected chi connectivity index (χ2v) is 4.65. The molecule has 3 rings (SSSR count). The number of para-hydroxylation sites is 1. The summed E-state index contributed by atoms with van der Waals surface area (Å²) in [6.45, 7) is 1.75. The second-order valence-electron chi connectivity index (χ2n) is 4.65. The molecule has 3 aromatic rings. The predicted molar refractivity (Wildman–Crippen MR) is 79.4 cm³/mol. The van der Waals surface area contributed by atoms with Crippen LogP contribution in [0.4, 0.5) is 0 Å². The van der Waals surface area contributed by atoms with E-state index in [1.165, 1.54) is 0 Å². The Morgan fingerprint density at radius 1 is 1.14 bits per heavy atom. The first-order valence-corrected chi connectivity index (χ1v) is 6.45. The van der Waals surface area contributed by atoms with E-state index in [-0.39, 0.29) is 11.6 Å². The van der Waals surface area contributed by atoms with Gasteiger partial charge in [-0.05, 0) is 31.2 Å². The third-order valence-electron chi connectivity index (χ3n) is 3.27. The Kier molecular flexibility index (Phi) is 3.17. The SMILES string of the molecule is Cc1c(O)cccc1Oc1nc2ccccc2cc1C#N.